The van der Waals surface area contributed by atoms with Gasteiger partial charge in [-0.05, 0) is 30.7 Å². The number of rotatable bonds is 3. The Hall–Kier alpha value is -1.67. The highest BCUT2D eigenvalue weighted by Gasteiger charge is 1.98. The van der Waals surface area contributed by atoms with E-state index in [1.165, 1.54) is 5.56 Å². The van der Waals surface area contributed by atoms with Gasteiger partial charge in [0.15, 0.2) is 0 Å². The van der Waals surface area contributed by atoms with Gasteiger partial charge in [0.1, 0.15) is 0 Å². The van der Waals surface area contributed by atoms with Crippen molar-refractivity contribution in [2.24, 2.45) is 0 Å². The Morgan fingerprint density at radius 1 is 0.941 bits per heavy atom. The van der Waals surface area contributed by atoms with Crippen LogP contribution in [-0.2, 0) is 10.8 Å². The van der Waals surface area contributed by atoms with Crippen LogP contribution >= 0.6 is 0 Å². The zero-order valence-corrected chi connectivity index (χ0v) is 10.5. The summed E-state index contributed by atoms with van der Waals surface area (Å²) in [6.07, 6.45) is 1.88. The van der Waals surface area contributed by atoms with Crippen LogP contribution in [0.25, 0.3) is 6.08 Å². The van der Waals surface area contributed by atoms with Crippen LogP contribution in [0.5, 0.6) is 0 Å². The Bertz CT molecular complexity index is 527. The van der Waals surface area contributed by atoms with Crippen molar-refractivity contribution in [1.82, 2.24) is 0 Å². The molecule has 2 rings (SSSR count). The molecule has 0 fully saturated rings. The Morgan fingerprint density at radius 3 is 2.24 bits per heavy atom. The van der Waals surface area contributed by atoms with E-state index in [2.05, 4.69) is 0 Å². The molecule has 0 saturated heterocycles. The smallest absolute Gasteiger partial charge is 0.0776 e. The molecule has 0 amide bonds. The molecule has 86 valence electrons. The van der Waals surface area contributed by atoms with Crippen LogP contribution in [0.3, 0.4) is 0 Å². The van der Waals surface area contributed by atoms with Gasteiger partial charge in [-0.3, -0.25) is 0 Å². The highest BCUT2D eigenvalue weighted by atomic mass is 32.2. The van der Waals surface area contributed by atoms with E-state index < -0.39 is 10.8 Å². The fraction of sp³-hybridized carbons (Fsp3) is 0.0667. The first-order valence-corrected chi connectivity index (χ1v) is 6.67. The molecule has 0 aliphatic heterocycles. The molecule has 17 heavy (non-hydrogen) atoms. The summed E-state index contributed by atoms with van der Waals surface area (Å²) in [7, 11) is -1.07. The minimum atomic E-state index is -1.07. The first-order valence-electron chi connectivity index (χ1n) is 5.46. The monoisotopic (exact) mass is 242 g/mol. The highest BCUT2D eigenvalue weighted by molar-refractivity contribution is 7.88. The fourth-order valence-electron chi connectivity index (χ4n) is 1.46. The Kier molecular flexibility index (Phi) is 3.89. The SMILES string of the molecule is Cc1ccc([S@@](=O)/C=C\c2ccccc2)cc1. The van der Waals surface area contributed by atoms with Crippen molar-refractivity contribution in [3.8, 4) is 0 Å². The lowest BCUT2D eigenvalue weighted by atomic mass is 10.2. The molecule has 0 radical (unpaired) electrons. The van der Waals surface area contributed by atoms with Gasteiger partial charge >= 0.3 is 0 Å². The summed E-state index contributed by atoms with van der Waals surface area (Å²) in [5.74, 6) is 0. The molecule has 0 spiro atoms. The number of hydrogen-bond donors (Lipinski definition) is 0. The van der Waals surface area contributed by atoms with E-state index in [4.69, 9.17) is 0 Å². The molecule has 2 aromatic carbocycles. The number of benzene rings is 2. The average Bonchev–Trinajstić information content (AvgIpc) is 2.38. The zero-order chi connectivity index (χ0) is 12.1. The van der Waals surface area contributed by atoms with E-state index in [1.54, 1.807) is 5.41 Å². The summed E-state index contributed by atoms with van der Waals surface area (Å²) in [6.45, 7) is 2.02. The van der Waals surface area contributed by atoms with Crippen molar-refractivity contribution in [3.05, 3.63) is 71.1 Å². The number of hydrogen-bond acceptors (Lipinski definition) is 1. The van der Waals surface area contributed by atoms with Crippen LogP contribution < -0.4 is 0 Å². The van der Waals surface area contributed by atoms with Crippen LogP contribution in [0.4, 0.5) is 0 Å². The third kappa shape index (κ3) is 3.40. The van der Waals surface area contributed by atoms with Gasteiger partial charge in [0, 0.05) is 10.3 Å². The van der Waals surface area contributed by atoms with Gasteiger partial charge in [0.2, 0.25) is 0 Å². The largest absolute Gasteiger partial charge is 0.250 e. The summed E-state index contributed by atoms with van der Waals surface area (Å²) in [5.41, 5.74) is 2.24. The van der Waals surface area contributed by atoms with Crippen LogP contribution in [-0.4, -0.2) is 4.21 Å². The first kappa shape index (κ1) is 11.8. The molecule has 0 aliphatic carbocycles. The first-order chi connectivity index (χ1) is 8.25. The number of aryl methyl sites for hydroxylation is 1. The van der Waals surface area contributed by atoms with Gasteiger partial charge in [-0.25, -0.2) is 4.21 Å². The maximum atomic E-state index is 12.0. The third-order valence-corrected chi connectivity index (χ3v) is 3.56. The molecule has 1 nitrogen and oxygen atoms in total. The van der Waals surface area contributed by atoms with Crippen molar-refractivity contribution in [3.63, 3.8) is 0 Å². The van der Waals surface area contributed by atoms with Gasteiger partial charge < -0.3 is 0 Å². The molecule has 2 aromatic rings. The Balaban J connectivity index is 2.12. The van der Waals surface area contributed by atoms with Crippen LogP contribution in [0.2, 0.25) is 0 Å². The highest BCUT2D eigenvalue weighted by Crippen LogP contribution is 2.11. The van der Waals surface area contributed by atoms with Gasteiger partial charge in [0.25, 0.3) is 0 Å². The maximum Gasteiger partial charge on any atom is 0.0776 e. The quantitative estimate of drug-likeness (QED) is 0.800. The van der Waals surface area contributed by atoms with E-state index >= 15 is 0 Å². The van der Waals surface area contributed by atoms with Gasteiger partial charge in [-0.1, -0.05) is 48.0 Å². The molecule has 1 atom stereocenters. The van der Waals surface area contributed by atoms with Gasteiger partial charge in [-0.2, -0.15) is 0 Å². The molecular weight excluding hydrogens is 228 g/mol. The molecule has 0 bridgehead atoms. The van der Waals surface area contributed by atoms with E-state index in [9.17, 15) is 4.21 Å². The van der Waals surface area contributed by atoms with Crippen molar-refractivity contribution >= 4 is 16.9 Å². The molecule has 2 heteroatoms. The zero-order valence-electron chi connectivity index (χ0n) is 9.67. The Labute approximate surface area is 104 Å². The van der Waals surface area contributed by atoms with E-state index in [-0.39, 0.29) is 0 Å². The molecular formula is C15H14OS. The second-order valence-corrected chi connectivity index (χ2v) is 5.16. The molecule has 0 aromatic heterocycles. The minimum Gasteiger partial charge on any atom is -0.250 e. The summed E-state index contributed by atoms with van der Waals surface area (Å²) >= 11 is 0. The topological polar surface area (TPSA) is 17.1 Å². The second kappa shape index (κ2) is 5.60. The predicted octanol–water partition coefficient (Wildman–Crippen LogP) is 3.77. The Morgan fingerprint density at radius 2 is 1.59 bits per heavy atom. The van der Waals surface area contributed by atoms with Crippen LogP contribution in [0, 0.1) is 6.92 Å². The standard InChI is InChI=1S/C15H14OS/c1-13-7-9-15(10-8-13)17(16)12-11-14-5-3-2-4-6-14/h2-12H,1H3/b12-11-/t17-/m0/s1. The fourth-order valence-corrected chi connectivity index (χ4v) is 2.30. The summed E-state index contributed by atoms with van der Waals surface area (Å²) in [5, 5.41) is 1.72. The lowest BCUT2D eigenvalue weighted by molar-refractivity contribution is 0.688. The van der Waals surface area contributed by atoms with Crippen molar-refractivity contribution in [2.75, 3.05) is 0 Å². The van der Waals surface area contributed by atoms with Crippen molar-refractivity contribution < 1.29 is 4.21 Å². The summed E-state index contributed by atoms with van der Waals surface area (Å²) in [4.78, 5) is 0.836. The second-order valence-electron chi connectivity index (χ2n) is 3.82. The van der Waals surface area contributed by atoms with E-state index in [0.717, 1.165) is 10.5 Å². The van der Waals surface area contributed by atoms with Crippen molar-refractivity contribution in [2.45, 2.75) is 11.8 Å². The van der Waals surface area contributed by atoms with E-state index in [1.807, 2.05) is 67.6 Å². The lowest BCUT2D eigenvalue weighted by Gasteiger charge is -1.97. The molecule has 0 N–H and O–H groups in total. The predicted molar refractivity (Wildman–Crippen MR) is 73.1 cm³/mol. The lowest BCUT2D eigenvalue weighted by Crippen LogP contribution is -1.86. The van der Waals surface area contributed by atoms with Crippen LogP contribution in [0.1, 0.15) is 11.1 Å². The average molecular weight is 242 g/mol. The van der Waals surface area contributed by atoms with Crippen molar-refractivity contribution in [1.29, 1.82) is 0 Å². The van der Waals surface area contributed by atoms with Gasteiger partial charge in [-0.15, -0.1) is 0 Å². The normalized spacial score (nSPS) is 12.8. The molecule has 0 aliphatic rings. The molecule has 0 heterocycles. The summed E-state index contributed by atoms with van der Waals surface area (Å²) in [6, 6.07) is 17.6. The minimum absolute atomic E-state index is 0.836. The van der Waals surface area contributed by atoms with Gasteiger partial charge in [0.05, 0.1) is 10.8 Å². The summed E-state index contributed by atoms with van der Waals surface area (Å²) < 4.78 is 12.0. The van der Waals surface area contributed by atoms with E-state index in [0.29, 0.717) is 0 Å². The van der Waals surface area contributed by atoms with Crippen LogP contribution in [0.15, 0.2) is 64.9 Å². The molecule has 0 unspecified atom stereocenters. The molecule has 0 saturated carbocycles. The maximum absolute atomic E-state index is 12.0. The third-order valence-electron chi connectivity index (χ3n) is 2.44.